The maximum Gasteiger partial charge on any atom is 0.249 e. The fraction of sp³-hybridized carbons (Fsp3) is 0.364. The van der Waals surface area contributed by atoms with Crippen molar-refractivity contribution >= 4 is 33.6 Å². The Morgan fingerprint density at radius 1 is 1.53 bits per heavy atom. The Labute approximate surface area is 107 Å². The molecule has 17 heavy (non-hydrogen) atoms. The molecule has 1 N–H and O–H groups in total. The van der Waals surface area contributed by atoms with Gasteiger partial charge < -0.3 is 4.90 Å². The van der Waals surface area contributed by atoms with Gasteiger partial charge >= 0.3 is 0 Å². The molecular formula is C11H12BrN3O2. The van der Waals surface area contributed by atoms with Gasteiger partial charge in [-0.05, 0) is 41.4 Å². The van der Waals surface area contributed by atoms with E-state index in [0.29, 0.717) is 5.82 Å². The fourth-order valence-corrected chi connectivity index (χ4v) is 2.16. The molecule has 1 saturated heterocycles. The van der Waals surface area contributed by atoms with Crippen LogP contribution in [0.15, 0.2) is 16.7 Å². The third-order valence-corrected chi connectivity index (χ3v) is 3.74. The van der Waals surface area contributed by atoms with Gasteiger partial charge in [-0.25, -0.2) is 4.98 Å². The molecule has 1 fully saturated rings. The van der Waals surface area contributed by atoms with Crippen LogP contribution in [0.3, 0.4) is 0 Å². The molecule has 1 aromatic rings. The van der Waals surface area contributed by atoms with Gasteiger partial charge in [-0.1, -0.05) is 0 Å². The van der Waals surface area contributed by atoms with E-state index in [1.54, 1.807) is 18.0 Å². The average Bonchev–Trinajstić information content (AvgIpc) is 2.27. The molecule has 2 amide bonds. The number of nitrogens with one attached hydrogen (secondary N) is 1. The van der Waals surface area contributed by atoms with Crippen molar-refractivity contribution in [2.45, 2.75) is 19.9 Å². The van der Waals surface area contributed by atoms with Crippen LogP contribution >= 0.6 is 15.9 Å². The molecule has 0 saturated carbocycles. The maximum absolute atomic E-state index is 11.6. The first-order valence-corrected chi connectivity index (χ1v) is 6.01. The summed E-state index contributed by atoms with van der Waals surface area (Å²) in [6.45, 7) is 3.83. The highest BCUT2D eigenvalue weighted by atomic mass is 79.9. The lowest BCUT2D eigenvalue weighted by Gasteiger charge is -2.33. The Balaban J connectivity index is 2.41. The van der Waals surface area contributed by atoms with E-state index in [0.717, 1.165) is 10.0 Å². The Morgan fingerprint density at radius 3 is 2.94 bits per heavy atom. The molecular weight excluding hydrogens is 286 g/mol. The SMILES string of the molecule is Cc1ccnc(N2CC(=O)NC(=O)C2C)c1Br. The molecule has 1 aliphatic rings. The van der Waals surface area contributed by atoms with Crippen LogP contribution in [0.2, 0.25) is 0 Å². The van der Waals surface area contributed by atoms with Crippen LogP contribution in [0, 0.1) is 6.92 Å². The second-order valence-electron chi connectivity index (χ2n) is 3.98. The molecule has 1 unspecified atom stereocenters. The highest BCUT2D eigenvalue weighted by molar-refractivity contribution is 9.10. The number of hydrogen-bond donors (Lipinski definition) is 1. The highest BCUT2D eigenvalue weighted by Crippen LogP contribution is 2.28. The van der Waals surface area contributed by atoms with Crippen molar-refractivity contribution in [3.63, 3.8) is 0 Å². The van der Waals surface area contributed by atoms with Crippen LogP contribution in [0.5, 0.6) is 0 Å². The molecule has 90 valence electrons. The molecule has 0 spiro atoms. The second kappa shape index (κ2) is 4.44. The van der Waals surface area contributed by atoms with E-state index in [2.05, 4.69) is 26.2 Å². The standard InChI is InChI=1S/C11H12BrN3O2/c1-6-3-4-13-10(9(6)12)15-5-8(16)14-11(17)7(15)2/h3-4,7H,5H2,1-2H3,(H,14,16,17). The zero-order valence-corrected chi connectivity index (χ0v) is 11.1. The lowest BCUT2D eigenvalue weighted by molar-refractivity contribution is -0.132. The zero-order chi connectivity index (χ0) is 12.6. The molecule has 2 heterocycles. The Bertz CT molecular complexity index is 490. The summed E-state index contributed by atoms with van der Waals surface area (Å²) in [7, 11) is 0. The maximum atomic E-state index is 11.6. The Hall–Kier alpha value is -1.43. The third kappa shape index (κ3) is 2.17. The topological polar surface area (TPSA) is 62.3 Å². The van der Waals surface area contributed by atoms with Gasteiger partial charge in [0.25, 0.3) is 0 Å². The molecule has 0 bridgehead atoms. The lowest BCUT2D eigenvalue weighted by Crippen LogP contribution is -2.57. The van der Waals surface area contributed by atoms with Gasteiger partial charge in [-0.15, -0.1) is 0 Å². The predicted molar refractivity (Wildman–Crippen MR) is 66.6 cm³/mol. The Morgan fingerprint density at radius 2 is 2.24 bits per heavy atom. The van der Waals surface area contributed by atoms with Crippen LogP contribution in [0.1, 0.15) is 12.5 Å². The van der Waals surface area contributed by atoms with Crippen LogP contribution in [-0.4, -0.2) is 29.4 Å². The summed E-state index contributed by atoms with van der Waals surface area (Å²) in [5, 5.41) is 2.30. The van der Waals surface area contributed by atoms with Gasteiger partial charge in [0.1, 0.15) is 11.9 Å². The molecule has 1 aliphatic heterocycles. The van der Waals surface area contributed by atoms with E-state index in [1.165, 1.54) is 0 Å². The van der Waals surface area contributed by atoms with Crippen molar-refractivity contribution in [2.75, 3.05) is 11.4 Å². The summed E-state index contributed by atoms with van der Waals surface area (Å²) in [5.41, 5.74) is 1.01. The number of carbonyl (C=O) groups excluding carboxylic acids is 2. The van der Waals surface area contributed by atoms with Crippen molar-refractivity contribution in [1.82, 2.24) is 10.3 Å². The second-order valence-corrected chi connectivity index (χ2v) is 4.77. The lowest BCUT2D eigenvalue weighted by atomic mass is 10.2. The van der Waals surface area contributed by atoms with Crippen molar-refractivity contribution in [3.05, 3.63) is 22.3 Å². The molecule has 5 nitrogen and oxygen atoms in total. The average molecular weight is 298 g/mol. The first-order valence-electron chi connectivity index (χ1n) is 5.22. The van der Waals surface area contributed by atoms with Gasteiger partial charge in [0.15, 0.2) is 0 Å². The number of aryl methyl sites for hydroxylation is 1. The predicted octanol–water partition coefficient (Wildman–Crippen LogP) is 1.00. The smallest absolute Gasteiger partial charge is 0.249 e. The van der Waals surface area contributed by atoms with E-state index in [1.807, 2.05) is 13.0 Å². The minimum Gasteiger partial charge on any atom is -0.335 e. The third-order valence-electron chi connectivity index (χ3n) is 2.76. The molecule has 2 rings (SSSR count). The fourth-order valence-electron chi connectivity index (χ4n) is 1.70. The molecule has 6 heteroatoms. The van der Waals surface area contributed by atoms with Crippen LogP contribution in [0.25, 0.3) is 0 Å². The van der Waals surface area contributed by atoms with Crippen molar-refractivity contribution in [3.8, 4) is 0 Å². The number of hydrogen-bond acceptors (Lipinski definition) is 4. The van der Waals surface area contributed by atoms with Crippen LogP contribution in [0.4, 0.5) is 5.82 Å². The summed E-state index contributed by atoms with van der Waals surface area (Å²) >= 11 is 3.44. The molecule has 0 aliphatic carbocycles. The van der Waals surface area contributed by atoms with E-state index < -0.39 is 6.04 Å². The van der Waals surface area contributed by atoms with Crippen molar-refractivity contribution in [2.24, 2.45) is 0 Å². The quantitative estimate of drug-likeness (QED) is 0.786. The van der Waals surface area contributed by atoms with Crippen molar-refractivity contribution in [1.29, 1.82) is 0 Å². The van der Waals surface area contributed by atoms with Crippen LogP contribution in [-0.2, 0) is 9.59 Å². The van der Waals surface area contributed by atoms with Crippen LogP contribution < -0.4 is 10.2 Å². The minimum atomic E-state index is -0.404. The van der Waals surface area contributed by atoms with E-state index in [4.69, 9.17) is 0 Å². The zero-order valence-electron chi connectivity index (χ0n) is 9.53. The molecule has 0 aromatic carbocycles. The molecule has 1 atom stereocenters. The summed E-state index contributed by atoms with van der Waals surface area (Å²) in [4.78, 5) is 28.9. The van der Waals surface area contributed by atoms with Gasteiger partial charge in [-0.2, -0.15) is 0 Å². The van der Waals surface area contributed by atoms with Gasteiger partial charge in [0.05, 0.1) is 11.0 Å². The summed E-state index contributed by atoms with van der Waals surface area (Å²) < 4.78 is 0.814. The molecule has 1 aromatic heterocycles. The number of rotatable bonds is 1. The highest BCUT2D eigenvalue weighted by Gasteiger charge is 2.32. The summed E-state index contributed by atoms with van der Waals surface area (Å²) in [6, 6.07) is 1.46. The number of anilines is 1. The summed E-state index contributed by atoms with van der Waals surface area (Å²) in [6.07, 6.45) is 1.67. The minimum absolute atomic E-state index is 0.141. The number of carbonyl (C=O) groups is 2. The largest absolute Gasteiger partial charge is 0.335 e. The number of amides is 2. The van der Waals surface area contributed by atoms with Gasteiger partial charge in [0.2, 0.25) is 11.8 Å². The van der Waals surface area contributed by atoms with Gasteiger partial charge in [0, 0.05) is 6.20 Å². The number of aromatic nitrogens is 1. The molecule has 0 radical (unpaired) electrons. The Kier molecular flexibility index (Phi) is 3.15. The first kappa shape index (κ1) is 12.0. The van der Waals surface area contributed by atoms with E-state index in [-0.39, 0.29) is 18.4 Å². The van der Waals surface area contributed by atoms with Crippen molar-refractivity contribution < 1.29 is 9.59 Å². The normalized spacial score (nSPS) is 20.4. The number of pyridine rings is 1. The number of imide groups is 1. The number of halogens is 1. The first-order chi connectivity index (χ1) is 8.00. The van der Waals surface area contributed by atoms with E-state index in [9.17, 15) is 9.59 Å². The summed E-state index contributed by atoms with van der Waals surface area (Å²) in [5.74, 6) is 0.0282. The van der Waals surface area contributed by atoms with Gasteiger partial charge in [-0.3, -0.25) is 14.9 Å². The monoisotopic (exact) mass is 297 g/mol. The number of nitrogens with zero attached hydrogens (tertiary/aromatic N) is 2. The number of piperazine rings is 1. The van der Waals surface area contributed by atoms with E-state index >= 15 is 0 Å².